The van der Waals surface area contributed by atoms with E-state index in [9.17, 15) is 18.0 Å². The van der Waals surface area contributed by atoms with Crippen LogP contribution in [0.4, 0.5) is 13.2 Å². The highest BCUT2D eigenvalue weighted by Gasteiger charge is 2.42. The maximum Gasteiger partial charge on any atom is 0.573 e. The van der Waals surface area contributed by atoms with Gasteiger partial charge in [-0.1, -0.05) is 24.3 Å². The summed E-state index contributed by atoms with van der Waals surface area (Å²) in [6.45, 7) is 0.268. The van der Waals surface area contributed by atoms with Gasteiger partial charge in [-0.3, -0.25) is 9.78 Å². The summed E-state index contributed by atoms with van der Waals surface area (Å²) < 4.78 is 52.9. The molecule has 7 nitrogen and oxygen atoms in total. The highest BCUT2D eigenvalue weighted by Crippen LogP contribution is 2.41. The van der Waals surface area contributed by atoms with Crippen molar-refractivity contribution in [3.8, 4) is 22.8 Å². The second-order valence-electron chi connectivity index (χ2n) is 7.82. The van der Waals surface area contributed by atoms with Gasteiger partial charge >= 0.3 is 6.36 Å². The molecular weight excluding hydrogens is 463 g/mol. The lowest BCUT2D eigenvalue weighted by Gasteiger charge is -2.39. The van der Waals surface area contributed by atoms with Crippen LogP contribution in [0.15, 0.2) is 83.9 Å². The number of oxazole rings is 1. The summed E-state index contributed by atoms with van der Waals surface area (Å²) in [6, 6.07) is 15.6. The zero-order valence-electron chi connectivity index (χ0n) is 18.1. The van der Waals surface area contributed by atoms with E-state index in [2.05, 4.69) is 20.0 Å². The standard InChI is InChI=1S/C25H18F3N3O4/c26-25(27,28)35-19-9-7-18(8-10-19)24(11-13-33-20-2-1-12-30-22(20)24)31-23(32)17-5-3-16(4-6-17)21-14-29-15-34-21/h1-10,12,14-15H,11,13H2,(H,31,32). The maximum absolute atomic E-state index is 13.4. The molecule has 1 aliphatic rings. The summed E-state index contributed by atoms with van der Waals surface area (Å²) in [5.41, 5.74) is 1.01. The monoisotopic (exact) mass is 481 g/mol. The largest absolute Gasteiger partial charge is 0.573 e. The minimum atomic E-state index is -4.81. The van der Waals surface area contributed by atoms with Gasteiger partial charge in [-0.2, -0.15) is 0 Å². The summed E-state index contributed by atoms with van der Waals surface area (Å²) in [4.78, 5) is 21.7. The van der Waals surface area contributed by atoms with Crippen LogP contribution in [-0.2, 0) is 5.54 Å². The van der Waals surface area contributed by atoms with Crippen molar-refractivity contribution >= 4 is 5.91 Å². The molecule has 1 aliphatic heterocycles. The third kappa shape index (κ3) is 4.54. The molecule has 0 saturated carbocycles. The number of rotatable bonds is 5. The fourth-order valence-electron chi connectivity index (χ4n) is 4.09. The fraction of sp³-hybridized carbons (Fsp3) is 0.160. The average molecular weight is 481 g/mol. The van der Waals surface area contributed by atoms with E-state index in [0.717, 1.165) is 5.56 Å². The summed E-state index contributed by atoms with van der Waals surface area (Å²) in [6.07, 6.45) is -0.0283. The number of pyridine rings is 1. The van der Waals surface area contributed by atoms with Gasteiger partial charge in [-0.15, -0.1) is 13.2 Å². The number of hydrogen-bond donors (Lipinski definition) is 1. The highest BCUT2D eigenvalue weighted by molar-refractivity contribution is 5.95. The second-order valence-corrected chi connectivity index (χ2v) is 7.82. The Morgan fingerprint density at radius 2 is 1.83 bits per heavy atom. The number of nitrogens with zero attached hydrogens (tertiary/aromatic N) is 2. The number of hydrogen-bond acceptors (Lipinski definition) is 6. The molecule has 1 unspecified atom stereocenters. The molecule has 35 heavy (non-hydrogen) atoms. The zero-order valence-corrected chi connectivity index (χ0v) is 18.1. The van der Waals surface area contributed by atoms with Crippen molar-refractivity contribution in [1.82, 2.24) is 15.3 Å². The van der Waals surface area contributed by atoms with Crippen molar-refractivity contribution in [2.75, 3.05) is 6.61 Å². The zero-order chi connectivity index (χ0) is 24.5. The molecule has 0 aliphatic carbocycles. The lowest BCUT2D eigenvalue weighted by Crippen LogP contribution is -2.50. The van der Waals surface area contributed by atoms with Crippen LogP contribution in [0.5, 0.6) is 11.5 Å². The minimum absolute atomic E-state index is 0.268. The quantitative estimate of drug-likeness (QED) is 0.427. The van der Waals surface area contributed by atoms with Gasteiger partial charge in [0.1, 0.15) is 22.7 Å². The lowest BCUT2D eigenvalue weighted by atomic mass is 9.81. The number of benzene rings is 2. The van der Waals surface area contributed by atoms with Crippen LogP contribution in [0.3, 0.4) is 0 Å². The number of nitrogens with one attached hydrogen (secondary N) is 1. The van der Waals surface area contributed by atoms with Gasteiger partial charge in [0, 0.05) is 23.7 Å². The molecule has 0 fully saturated rings. The van der Waals surface area contributed by atoms with Gasteiger partial charge < -0.3 is 19.2 Å². The molecule has 2 aromatic carbocycles. The summed E-state index contributed by atoms with van der Waals surface area (Å²) in [5, 5.41) is 3.06. The molecule has 3 heterocycles. The van der Waals surface area contributed by atoms with Crippen LogP contribution >= 0.6 is 0 Å². The van der Waals surface area contributed by atoms with Gasteiger partial charge in [-0.05, 0) is 42.0 Å². The Bertz CT molecular complexity index is 1320. The number of fused-ring (bicyclic) bond motifs is 1. The van der Waals surface area contributed by atoms with E-state index in [0.29, 0.717) is 34.8 Å². The van der Waals surface area contributed by atoms with Gasteiger partial charge in [0.05, 0.1) is 12.8 Å². The molecule has 0 saturated heterocycles. The first-order valence-corrected chi connectivity index (χ1v) is 10.6. The van der Waals surface area contributed by atoms with Crippen molar-refractivity contribution in [2.45, 2.75) is 18.3 Å². The van der Waals surface area contributed by atoms with E-state index in [-0.39, 0.29) is 18.3 Å². The predicted octanol–water partition coefficient (Wildman–Crippen LogP) is 5.09. The second kappa shape index (κ2) is 8.79. The normalized spacial score (nSPS) is 17.2. The van der Waals surface area contributed by atoms with Crippen LogP contribution in [0.1, 0.15) is 28.0 Å². The Balaban J connectivity index is 1.50. The number of carbonyl (C=O) groups is 1. The van der Waals surface area contributed by atoms with Crippen LogP contribution in [0.25, 0.3) is 11.3 Å². The van der Waals surface area contributed by atoms with Crippen molar-refractivity contribution in [1.29, 1.82) is 0 Å². The number of carbonyl (C=O) groups excluding carboxylic acids is 1. The fourth-order valence-corrected chi connectivity index (χ4v) is 4.09. The Kier molecular flexibility index (Phi) is 5.64. The van der Waals surface area contributed by atoms with E-state index in [1.54, 1.807) is 48.8 Å². The van der Waals surface area contributed by atoms with Crippen molar-refractivity contribution < 1.29 is 31.9 Å². The minimum Gasteiger partial charge on any atom is -0.491 e. The van der Waals surface area contributed by atoms with Crippen LogP contribution in [0, 0.1) is 0 Å². The molecule has 2 aromatic heterocycles. The summed E-state index contributed by atoms with van der Waals surface area (Å²) in [5.74, 6) is 0.301. The predicted molar refractivity (Wildman–Crippen MR) is 118 cm³/mol. The molecular formula is C25H18F3N3O4. The van der Waals surface area contributed by atoms with E-state index < -0.39 is 11.9 Å². The van der Waals surface area contributed by atoms with Gasteiger partial charge in [0.25, 0.3) is 5.91 Å². The maximum atomic E-state index is 13.4. The molecule has 5 rings (SSSR count). The number of alkyl halides is 3. The molecule has 178 valence electrons. The molecule has 1 N–H and O–H groups in total. The topological polar surface area (TPSA) is 86.5 Å². The van der Waals surface area contributed by atoms with Gasteiger partial charge in [-0.25, -0.2) is 4.98 Å². The van der Waals surface area contributed by atoms with Crippen molar-refractivity contribution in [3.63, 3.8) is 0 Å². The first-order valence-electron chi connectivity index (χ1n) is 10.6. The van der Waals surface area contributed by atoms with E-state index in [1.807, 2.05) is 0 Å². The van der Waals surface area contributed by atoms with Crippen LogP contribution in [-0.4, -0.2) is 28.8 Å². The molecule has 0 spiro atoms. The number of amides is 1. The van der Waals surface area contributed by atoms with Gasteiger partial charge in [0.2, 0.25) is 0 Å². The summed E-state index contributed by atoms with van der Waals surface area (Å²) >= 11 is 0. The lowest BCUT2D eigenvalue weighted by molar-refractivity contribution is -0.274. The molecule has 0 bridgehead atoms. The third-order valence-corrected chi connectivity index (χ3v) is 5.68. The van der Waals surface area contributed by atoms with Gasteiger partial charge in [0.15, 0.2) is 12.2 Å². The first-order chi connectivity index (χ1) is 16.8. The van der Waals surface area contributed by atoms with E-state index in [4.69, 9.17) is 9.15 Å². The Hall–Kier alpha value is -4.34. The number of halogens is 3. The molecule has 10 heteroatoms. The van der Waals surface area contributed by atoms with Crippen molar-refractivity contribution in [3.05, 3.63) is 96.3 Å². The molecule has 1 atom stereocenters. The summed E-state index contributed by atoms with van der Waals surface area (Å²) in [7, 11) is 0. The van der Waals surface area contributed by atoms with Crippen LogP contribution in [0.2, 0.25) is 0 Å². The van der Waals surface area contributed by atoms with Crippen LogP contribution < -0.4 is 14.8 Å². The molecule has 4 aromatic rings. The SMILES string of the molecule is O=C(NC1(c2ccc(OC(F)(F)F)cc2)CCOc2cccnc21)c1ccc(-c2cnco2)cc1. The Labute approximate surface area is 197 Å². The Morgan fingerprint density at radius 1 is 1.06 bits per heavy atom. The van der Waals surface area contributed by atoms with Crippen molar-refractivity contribution in [2.24, 2.45) is 0 Å². The molecule has 1 amide bonds. The average Bonchev–Trinajstić information content (AvgIpc) is 3.39. The highest BCUT2D eigenvalue weighted by atomic mass is 19.4. The van der Waals surface area contributed by atoms with E-state index >= 15 is 0 Å². The Morgan fingerprint density at radius 3 is 2.51 bits per heavy atom. The first kappa shape index (κ1) is 22.5. The van der Waals surface area contributed by atoms with E-state index in [1.165, 1.54) is 30.7 Å². The molecule has 0 radical (unpaired) electrons. The smallest absolute Gasteiger partial charge is 0.491 e. The number of ether oxygens (including phenoxy) is 2. The third-order valence-electron chi connectivity index (χ3n) is 5.68. The number of aromatic nitrogens is 2.